The smallest absolute Gasteiger partial charge is 0.291 e. The molecule has 6 rings (SSSR count). The Morgan fingerprint density at radius 2 is 1.65 bits per heavy atom. The highest BCUT2D eigenvalue weighted by molar-refractivity contribution is 7.15. The summed E-state index contributed by atoms with van der Waals surface area (Å²) < 4.78 is 9.58. The third-order valence-corrected chi connectivity index (χ3v) is 7.33. The zero-order valence-corrected chi connectivity index (χ0v) is 22.8. The van der Waals surface area contributed by atoms with E-state index in [1.54, 1.807) is 0 Å². The number of para-hydroxylation sites is 1. The summed E-state index contributed by atoms with van der Waals surface area (Å²) in [6, 6.07) is 27.8. The number of nitrogens with zero attached hydrogens (tertiary/aromatic N) is 5. The molecule has 0 bridgehead atoms. The summed E-state index contributed by atoms with van der Waals surface area (Å²) in [5, 5.41) is 9.32. The van der Waals surface area contributed by atoms with Crippen LogP contribution in [-0.4, -0.2) is 31.0 Å². The lowest BCUT2D eigenvalue weighted by Crippen LogP contribution is -2.23. The average Bonchev–Trinajstić information content (AvgIpc) is 3.68. The number of thiazole rings is 1. The van der Waals surface area contributed by atoms with E-state index in [1.165, 1.54) is 15.9 Å². The molecule has 3 aromatic heterocycles. The molecule has 40 heavy (non-hydrogen) atoms. The van der Waals surface area contributed by atoms with Crippen molar-refractivity contribution in [3.05, 3.63) is 123 Å². The van der Waals surface area contributed by atoms with Gasteiger partial charge in [-0.05, 0) is 60.5 Å². The molecule has 0 aliphatic rings. The first-order valence-corrected chi connectivity index (χ1v) is 14.0. The molecule has 3 heterocycles. The second-order valence-corrected chi connectivity index (χ2v) is 10.3. The summed E-state index contributed by atoms with van der Waals surface area (Å²) in [5.74, 6) is 1.33. The van der Waals surface area contributed by atoms with Crippen LogP contribution in [0.3, 0.4) is 0 Å². The minimum Gasteiger partial charge on any atom is -0.494 e. The second kappa shape index (κ2) is 11.5. The highest BCUT2D eigenvalue weighted by Crippen LogP contribution is 2.26. The van der Waals surface area contributed by atoms with E-state index < -0.39 is 0 Å². The van der Waals surface area contributed by atoms with Crippen LogP contribution in [0.25, 0.3) is 40.1 Å². The van der Waals surface area contributed by atoms with Gasteiger partial charge in [0.2, 0.25) is 4.96 Å². The van der Waals surface area contributed by atoms with E-state index in [9.17, 15) is 4.79 Å². The molecule has 0 atom stereocenters. The normalized spacial score (nSPS) is 12.1. The third kappa shape index (κ3) is 5.48. The van der Waals surface area contributed by atoms with Gasteiger partial charge in [-0.15, -0.1) is 5.10 Å². The lowest BCUT2D eigenvalue weighted by atomic mass is 10.1. The van der Waals surface area contributed by atoms with Crippen LogP contribution in [0.15, 0.2) is 95.9 Å². The van der Waals surface area contributed by atoms with Gasteiger partial charge in [0, 0.05) is 17.3 Å². The maximum atomic E-state index is 13.3. The van der Waals surface area contributed by atoms with Gasteiger partial charge in [-0.25, -0.2) is 4.68 Å². The lowest BCUT2D eigenvalue weighted by molar-refractivity contribution is 0.309. The number of rotatable bonds is 9. The van der Waals surface area contributed by atoms with Gasteiger partial charge >= 0.3 is 0 Å². The standard InChI is InChI=1S/C32H27N5O2S/c1-2-3-20-39-27-17-15-24(16-18-27)30-25(22-36(35-30)26-12-8-5-9-13-26)21-28-31(38)37-32(40-28)33-29(34-37)19-14-23-10-6-4-7-11-23/h4-19,21-22H,2-3,20H2,1H3/b19-14+,28-21-. The van der Waals surface area contributed by atoms with Gasteiger partial charge < -0.3 is 4.74 Å². The zero-order valence-electron chi connectivity index (χ0n) is 22.0. The molecule has 0 saturated carbocycles. The first-order valence-electron chi connectivity index (χ1n) is 13.2. The maximum Gasteiger partial charge on any atom is 0.291 e. The Morgan fingerprint density at radius 1 is 0.900 bits per heavy atom. The fourth-order valence-electron chi connectivity index (χ4n) is 4.27. The Bertz CT molecular complexity index is 1870. The fourth-order valence-corrected chi connectivity index (χ4v) is 5.17. The quantitative estimate of drug-likeness (QED) is 0.212. The van der Waals surface area contributed by atoms with Gasteiger partial charge in [-0.1, -0.05) is 79.3 Å². The Morgan fingerprint density at radius 3 is 2.38 bits per heavy atom. The molecule has 0 saturated heterocycles. The minimum atomic E-state index is -0.204. The van der Waals surface area contributed by atoms with Crippen LogP contribution in [0.2, 0.25) is 0 Å². The monoisotopic (exact) mass is 545 g/mol. The van der Waals surface area contributed by atoms with Crippen LogP contribution in [0.5, 0.6) is 5.75 Å². The van der Waals surface area contributed by atoms with E-state index >= 15 is 0 Å². The van der Waals surface area contributed by atoms with E-state index in [0.717, 1.165) is 46.7 Å². The highest BCUT2D eigenvalue weighted by atomic mass is 32.1. The molecule has 7 nitrogen and oxygen atoms in total. The van der Waals surface area contributed by atoms with Crippen LogP contribution in [0.1, 0.15) is 36.7 Å². The van der Waals surface area contributed by atoms with Gasteiger partial charge in [0.15, 0.2) is 5.82 Å². The molecule has 6 aromatic rings. The van der Waals surface area contributed by atoms with Crippen LogP contribution in [0, 0.1) is 0 Å². The van der Waals surface area contributed by atoms with Crippen molar-refractivity contribution in [2.24, 2.45) is 0 Å². The molecular formula is C32H27N5O2S. The van der Waals surface area contributed by atoms with Crippen LogP contribution < -0.4 is 14.8 Å². The molecule has 0 N–H and O–H groups in total. The number of benzene rings is 3. The Hall–Kier alpha value is -4.82. The van der Waals surface area contributed by atoms with Crippen molar-refractivity contribution in [2.75, 3.05) is 6.61 Å². The number of aromatic nitrogens is 5. The molecule has 0 aliphatic carbocycles. The van der Waals surface area contributed by atoms with Gasteiger partial charge in [-0.2, -0.15) is 14.6 Å². The van der Waals surface area contributed by atoms with Gasteiger partial charge in [0.05, 0.1) is 16.8 Å². The third-order valence-electron chi connectivity index (χ3n) is 6.37. The van der Waals surface area contributed by atoms with Crippen LogP contribution in [0.4, 0.5) is 0 Å². The topological polar surface area (TPSA) is 74.3 Å². The number of fused-ring (bicyclic) bond motifs is 1. The molecule has 3 aromatic carbocycles. The number of ether oxygens (including phenoxy) is 1. The lowest BCUT2D eigenvalue weighted by Gasteiger charge is -2.06. The van der Waals surface area contributed by atoms with E-state index in [0.29, 0.717) is 21.9 Å². The molecular weight excluding hydrogens is 518 g/mol. The van der Waals surface area contributed by atoms with Crippen LogP contribution >= 0.6 is 11.3 Å². The highest BCUT2D eigenvalue weighted by Gasteiger charge is 2.14. The summed E-state index contributed by atoms with van der Waals surface area (Å²) in [7, 11) is 0. The van der Waals surface area contributed by atoms with E-state index in [1.807, 2.05) is 114 Å². The Balaban J connectivity index is 1.36. The van der Waals surface area contributed by atoms with Crippen molar-refractivity contribution in [1.29, 1.82) is 0 Å². The summed E-state index contributed by atoms with van der Waals surface area (Å²) in [6.45, 7) is 2.84. The van der Waals surface area contributed by atoms with E-state index in [4.69, 9.17) is 9.84 Å². The predicted octanol–water partition coefficient (Wildman–Crippen LogP) is 5.90. The molecule has 8 heteroatoms. The van der Waals surface area contributed by atoms with Gasteiger partial charge in [-0.3, -0.25) is 4.79 Å². The summed E-state index contributed by atoms with van der Waals surface area (Å²) >= 11 is 1.31. The largest absolute Gasteiger partial charge is 0.494 e. The minimum absolute atomic E-state index is 0.204. The maximum absolute atomic E-state index is 13.3. The number of hydrogen-bond donors (Lipinski definition) is 0. The SMILES string of the molecule is CCCCOc1ccc(-c2nn(-c3ccccc3)cc2/C=c2\sc3nc(/C=C/c4ccccc4)nn3c2=O)cc1. The molecule has 0 amide bonds. The van der Waals surface area contributed by atoms with Gasteiger partial charge in [0.1, 0.15) is 11.4 Å². The zero-order chi connectivity index (χ0) is 27.3. The number of unbranched alkanes of at least 4 members (excludes halogenated alkanes) is 1. The van der Waals surface area contributed by atoms with E-state index in [-0.39, 0.29) is 5.56 Å². The Kier molecular flexibility index (Phi) is 7.32. The molecule has 0 fully saturated rings. The molecule has 0 aliphatic heterocycles. The van der Waals surface area contributed by atoms with Crippen molar-refractivity contribution < 1.29 is 4.74 Å². The molecule has 0 unspecified atom stereocenters. The van der Waals surface area contributed by atoms with Crippen molar-refractivity contribution in [1.82, 2.24) is 24.4 Å². The molecule has 0 spiro atoms. The van der Waals surface area contributed by atoms with Gasteiger partial charge in [0.25, 0.3) is 5.56 Å². The number of hydrogen-bond acceptors (Lipinski definition) is 6. The molecule has 198 valence electrons. The summed E-state index contributed by atoms with van der Waals surface area (Å²) in [6.07, 6.45) is 9.67. The first-order chi connectivity index (χ1) is 19.7. The summed E-state index contributed by atoms with van der Waals surface area (Å²) in [4.78, 5) is 18.4. The van der Waals surface area contributed by atoms with Crippen molar-refractivity contribution in [3.63, 3.8) is 0 Å². The van der Waals surface area contributed by atoms with Crippen LogP contribution in [-0.2, 0) is 0 Å². The first kappa shape index (κ1) is 25.5. The van der Waals surface area contributed by atoms with Crippen molar-refractivity contribution >= 4 is 34.5 Å². The second-order valence-electron chi connectivity index (χ2n) is 9.26. The predicted molar refractivity (Wildman–Crippen MR) is 161 cm³/mol. The van der Waals surface area contributed by atoms with E-state index in [2.05, 4.69) is 17.0 Å². The summed E-state index contributed by atoms with van der Waals surface area (Å²) in [5.41, 5.74) is 4.31. The fraction of sp³-hybridized carbons (Fsp3) is 0.125. The van der Waals surface area contributed by atoms with Crippen molar-refractivity contribution in [3.8, 4) is 22.7 Å². The average molecular weight is 546 g/mol. The Labute approximate surface area is 235 Å². The molecule has 0 radical (unpaired) electrons. The van der Waals surface area contributed by atoms with Crippen molar-refractivity contribution in [2.45, 2.75) is 19.8 Å².